The normalized spacial score (nSPS) is 19.0. The number of nitrogens with one attached hydrogen (secondary N) is 1. The lowest BCUT2D eigenvalue weighted by molar-refractivity contribution is 0.0489. The van der Waals surface area contributed by atoms with E-state index in [4.69, 9.17) is 0 Å². The Morgan fingerprint density at radius 3 is 2.50 bits per heavy atom. The molecule has 0 aliphatic carbocycles. The molecule has 0 bridgehead atoms. The van der Waals surface area contributed by atoms with Gasteiger partial charge in [0.2, 0.25) is 0 Å². The van der Waals surface area contributed by atoms with Crippen molar-refractivity contribution in [1.82, 2.24) is 30.0 Å². The zero-order valence-corrected chi connectivity index (χ0v) is 16.3. The Labute approximate surface area is 154 Å². The number of carbonyl (C=O) groups is 1. The fourth-order valence-corrected chi connectivity index (χ4v) is 3.16. The second-order valence-electron chi connectivity index (χ2n) is 8.17. The second kappa shape index (κ2) is 7.15. The molecule has 0 saturated carbocycles. The molecule has 7 nitrogen and oxygen atoms in total. The van der Waals surface area contributed by atoms with E-state index in [-0.39, 0.29) is 17.4 Å². The van der Waals surface area contributed by atoms with Gasteiger partial charge in [0.25, 0.3) is 5.91 Å². The Kier molecular flexibility index (Phi) is 5.09. The van der Waals surface area contributed by atoms with Gasteiger partial charge in [-0.25, -0.2) is 9.97 Å². The summed E-state index contributed by atoms with van der Waals surface area (Å²) in [6.07, 6.45) is 3.84. The highest BCUT2D eigenvalue weighted by molar-refractivity contribution is 5.92. The summed E-state index contributed by atoms with van der Waals surface area (Å²) in [5, 5.41) is 6.92. The zero-order valence-electron chi connectivity index (χ0n) is 16.3. The Morgan fingerprint density at radius 1 is 1.27 bits per heavy atom. The number of piperazine rings is 1. The summed E-state index contributed by atoms with van der Waals surface area (Å²) in [5.41, 5.74) is 2.46. The third kappa shape index (κ3) is 4.09. The van der Waals surface area contributed by atoms with Crippen LogP contribution in [-0.4, -0.2) is 61.5 Å². The Bertz CT molecular complexity index is 761. The Morgan fingerprint density at radius 2 is 1.96 bits per heavy atom. The quantitative estimate of drug-likeness (QED) is 0.912. The molecule has 1 N–H and O–H groups in total. The van der Waals surface area contributed by atoms with Crippen molar-refractivity contribution in [2.45, 2.75) is 52.6 Å². The Hall–Kier alpha value is -2.28. The van der Waals surface area contributed by atoms with Gasteiger partial charge in [0.1, 0.15) is 11.5 Å². The van der Waals surface area contributed by atoms with Gasteiger partial charge < -0.3 is 4.90 Å². The van der Waals surface area contributed by atoms with E-state index in [0.29, 0.717) is 18.8 Å². The molecule has 1 amide bonds. The smallest absolute Gasteiger partial charge is 0.274 e. The number of H-pyrrole nitrogens is 1. The Balaban J connectivity index is 1.60. The maximum absolute atomic E-state index is 12.6. The van der Waals surface area contributed by atoms with Crippen molar-refractivity contribution in [3.8, 4) is 0 Å². The number of carbonyl (C=O) groups excluding carboxylic acids is 1. The molecular formula is C19H28N6O. The lowest BCUT2D eigenvalue weighted by Gasteiger charge is -2.39. The van der Waals surface area contributed by atoms with Crippen LogP contribution in [-0.2, 0) is 12.0 Å². The molecule has 1 aliphatic rings. The SMILES string of the molecule is Cc1cc(C(=O)N2CCN(Cc3cnc(C(C)(C)C)nc3)[C@H](C)C2)n[nH]1. The number of aromatic nitrogens is 4. The van der Waals surface area contributed by atoms with Gasteiger partial charge in [0.15, 0.2) is 0 Å². The fraction of sp³-hybridized carbons (Fsp3) is 0.579. The summed E-state index contributed by atoms with van der Waals surface area (Å²) < 4.78 is 0. The van der Waals surface area contributed by atoms with E-state index < -0.39 is 0 Å². The van der Waals surface area contributed by atoms with Gasteiger partial charge in [0.05, 0.1) is 0 Å². The molecule has 7 heteroatoms. The lowest BCUT2D eigenvalue weighted by Crippen LogP contribution is -2.53. The standard InChI is InChI=1S/C19H28N6O/c1-13-8-16(23-22-13)17(26)25-7-6-24(14(2)11-25)12-15-9-20-18(21-10-15)19(3,4)5/h8-10,14H,6-7,11-12H2,1-5H3,(H,22,23)/t14-/m1/s1. The number of aromatic amines is 1. The summed E-state index contributed by atoms with van der Waals surface area (Å²) in [6.45, 7) is 13.4. The number of hydrogen-bond acceptors (Lipinski definition) is 5. The molecular weight excluding hydrogens is 328 g/mol. The molecule has 0 aromatic carbocycles. The molecule has 2 aromatic heterocycles. The van der Waals surface area contributed by atoms with Gasteiger partial charge in [-0.15, -0.1) is 0 Å². The van der Waals surface area contributed by atoms with Crippen LogP contribution in [0.1, 0.15) is 55.3 Å². The van der Waals surface area contributed by atoms with Crippen molar-refractivity contribution in [2.24, 2.45) is 0 Å². The largest absolute Gasteiger partial charge is 0.334 e. The number of hydrogen-bond donors (Lipinski definition) is 1. The molecule has 0 unspecified atom stereocenters. The predicted molar refractivity (Wildman–Crippen MR) is 99.8 cm³/mol. The molecule has 0 radical (unpaired) electrons. The molecule has 140 valence electrons. The maximum Gasteiger partial charge on any atom is 0.274 e. The topological polar surface area (TPSA) is 78.0 Å². The van der Waals surface area contributed by atoms with Crippen molar-refractivity contribution in [3.63, 3.8) is 0 Å². The molecule has 3 heterocycles. The third-order valence-electron chi connectivity index (χ3n) is 4.74. The van der Waals surface area contributed by atoms with Crippen LogP contribution in [0.4, 0.5) is 0 Å². The number of amides is 1. The van der Waals surface area contributed by atoms with E-state index in [1.54, 1.807) is 6.07 Å². The van der Waals surface area contributed by atoms with Crippen LogP contribution in [0, 0.1) is 6.92 Å². The van der Waals surface area contributed by atoms with Gasteiger partial charge in [-0.1, -0.05) is 20.8 Å². The minimum absolute atomic E-state index is 0.00119. The van der Waals surface area contributed by atoms with Gasteiger partial charge in [-0.05, 0) is 19.9 Å². The van der Waals surface area contributed by atoms with Crippen molar-refractivity contribution < 1.29 is 4.79 Å². The van der Waals surface area contributed by atoms with E-state index in [1.165, 1.54) is 0 Å². The summed E-state index contributed by atoms with van der Waals surface area (Å²) in [7, 11) is 0. The molecule has 2 aromatic rings. The summed E-state index contributed by atoms with van der Waals surface area (Å²) in [5.74, 6) is 0.859. The maximum atomic E-state index is 12.6. The van der Waals surface area contributed by atoms with Crippen molar-refractivity contribution in [2.75, 3.05) is 19.6 Å². The number of nitrogens with zero attached hydrogens (tertiary/aromatic N) is 5. The second-order valence-corrected chi connectivity index (χ2v) is 8.17. The van der Waals surface area contributed by atoms with Crippen LogP contribution in [0.3, 0.4) is 0 Å². The van der Waals surface area contributed by atoms with Gasteiger partial charge >= 0.3 is 0 Å². The average molecular weight is 356 g/mol. The summed E-state index contributed by atoms with van der Waals surface area (Å²) in [6, 6.07) is 2.07. The van der Waals surface area contributed by atoms with Crippen LogP contribution >= 0.6 is 0 Å². The molecule has 26 heavy (non-hydrogen) atoms. The van der Waals surface area contributed by atoms with E-state index in [1.807, 2.05) is 24.2 Å². The summed E-state index contributed by atoms with van der Waals surface area (Å²) in [4.78, 5) is 25.8. The molecule has 1 saturated heterocycles. The zero-order chi connectivity index (χ0) is 18.9. The van der Waals surface area contributed by atoms with Gasteiger partial charge in [-0.3, -0.25) is 14.8 Å². The average Bonchev–Trinajstić information content (AvgIpc) is 3.02. The molecule has 1 aliphatic heterocycles. The first-order chi connectivity index (χ1) is 12.2. The monoisotopic (exact) mass is 356 g/mol. The van der Waals surface area contributed by atoms with Crippen molar-refractivity contribution in [3.05, 3.63) is 41.2 Å². The highest BCUT2D eigenvalue weighted by Gasteiger charge is 2.28. The highest BCUT2D eigenvalue weighted by Crippen LogP contribution is 2.19. The van der Waals surface area contributed by atoms with Crippen molar-refractivity contribution in [1.29, 1.82) is 0 Å². The first-order valence-electron chi connectivity index (χ1n) is 9.11. The molecule has 0 spiro atoms. The minimum Gasteiger partial charge on any atom is -0.334 e. The molecule has 1 atom stereocenters. The van der Waals surface area contributed by atoms with Crippen LogP contribution in [0.2, 0.25) is 0 Å². The third-order valence-corrected chi connectivity index (χ3v) is 4.74. The predicted octanol–water partition coefficient (Wildman–Crippen LogP) is 2.15. The van der Waals surface area contributed by atoms with E-state index >= 15 is 0 Å². The minimum atomic E-state index is -0.0393. The van der Waals surface area contributed by atoms with Gasteiger partial charge in [0, 0.05) is 61.3 Å². The first kappa shape index (κ1) is 18.5. The first-order valence-corrected chi connectivity index (χ1v) is 9.11. The van der Waals surface area contributed by atoms with E-state index in [9.17, 15) is 4.79 Å². The van der Waals surface area contributed by atoms with E-state index in [2.05, 4.69) is 52.8 Å². The molecule has 3 rings (SSSR count). The van der Waals surface area contributed by atoms with Gasteiger partial charge in [-0.2, -0.15) is 5.10 Å². The van der Waals surface area contributed by atoms with Crippen LogP contribution in [0.15, 0.2) is 18.5 Å². The number of aryl methyl sites for hydroxylation is 1. The molecule has 1 fully saturated rings. The summed E-state index contributed by atoms with van der Waals surface area (Å²) >= 11 is 0. The van der Waals surface area contributed by atoms with Crippen LogP contribution < -0.4 is 0 Å². The van der Waals surface area contributed by atoms with Crippen molar-refractivity contribution >= 4 is 5.91 Å². The van der Waals surface area contributed by atoms with Crippen LogP contribution in [0.25, 0.3) is 0 Å². The van der Waals surface area contributed by atoms with Crippen LogP contribution in [0.5, 0.6) is 0 Å². The lowest BCUT2D eigenvalue weighted by atomic mass is 9.96. The van der Waals surface area contributed by atoms with E-state index in [0.717, 1.165) is 30.2 Å². The highest BCUT2D eigenvalue weighted by atomic mass is 16.2. The fourth-order valence-electron chi connectivity index (χ4n) is 3.16. The number of rotatable bonds is 3.